The van der Waals surface area contributed by atoms with Crippen LogP contribution in [-0.4, -0.2) is 5.11 Å². The summed E-state index contributed by atoms with van der Waals surface area (Å²) in [5.41, 5.74) is 0.934. The van der Waals surface area contributed by atoms with Crippen molar-refractivity contribution in [2.45, 2.75) is 11.8 Å². The van der Waals surface area contributed by atoms with E-state index < -0.39 is 0 Å². The third-order valence-corrected chi connectivity index (χ3v) is 2.85. The van der Waals surface area contributed by atoms with Crippen LogP contribution < -0.4 is 0 Å². The van der Waals surface area contributed by atoms with Crippen LogP contribution in [0.15, 0.2) is 36.4 Å². The average molecular weight is 251 g/mol. The van der Waals surface area contributed by atoms with Crippen LogP contribution in [0, 0.1) is 0 Å². The fourth-order valence-corrected chi connectivity index (χ4v) is 1.96. The lowest BCUT2D eigenvalue weighted by molar-refractivity contribution is 0.475. The van der Waals surface area contributed by atoms with Crippen LogP contribution in [0.4, 0.5) is 0 Å². The molecule has 2 rings (SSSR count). The molecule has 0 saturated heterocycles. The average Bonchev–Trinajstić information content (AvgIpc) is 2.18. The molecule has 2 heteroatoms. The highest BCUT2D eigenvalue weighted by Crippen LogP contribution is 2.35. The summed E-state index contributed by atoms with van der Waals surface area (Å²) in [4.78, 5) is 0.173. The highest BCUT2D eigenvalue weighted by molar-refractivity contribution is 9.09. The van der Waals surface area contributed by atoms with Gasteiger partial charge in [0.15, 0.2) is 0 Å². The van der Waals surface area contributed by atoms with E-state index in [4.69, 9.17) is 0 Å². The maximum Gasteiger partial charge on any atom is 0.127 e. The number of phenols is 1. The summed E-state index contributed by atoms with van der Waals surface area (Å²) in [6, 6.07) is 11.8. The molecule has 0 bridgehead atoms. The van der Waals surface area contributed by atoms with Crippen molar-refractivity contribution in [1.82, 2.24) is 0 Å². The van der Waals surface area contributed by atoms with E-state index in [1.807, 2.05) is 43.3 Å². The first kappa shape index (κ1) is 9.53. The van der Waals surface area contributed by atoms with Crippen LogP contribution in [0.3, 0.4) is 0 Å². The molecule has 0 spiro atoms. The molecule has 0 aliphatic carbocycles. The minimum absolute atomic E-state index is 0.173. The van der Waals surface area contributed by atoms with Crippen molar-refractivity contribution in [2.75, 3.05) is 0 Å². The fourth-order valence-electron chi connectivity index (χ4n) is 1.59. The number of phenolic OH excluding ortho intramolecular Hbond substituents is 1. The molecule has 0 amide bonds. The van der Waals surface area contributed by atoms with Crippen LogP contribution in [0.5, 0.6) is 5.75 Å². The third kappa shape index (κ3) is 1.50. The summed E-state index contributed by atoms with van der Waals surface area (Å²) in [6.45, 7) is 2.00. The Morgan fingerprint density at radius 3 is 2.57 bits per heavy atom. The van der Waals surface area contributed by atoms with Gasteiger partial charge in [-0.1, -0.05) is 52.3 Å². The van der Waals surface area contributed by atoms with Crippen molar-refractivity contribution in [3.8, 4) is 5.75 Å². The Bertz CT molecular complexity index is 463. The fraction of sp³-hybridized carbons (Fsp3) is 0.167. The van der Waals surface area contributed by atoms with E-state index in [0.29, 0.717) is 5.75 Å². The molecule has 0 fully saturated rings. The molecule has 0 aromatic heterocycles. The van der Waals surface area contributed by atoms with Crippen LogP contribution in [0.2, 0.25) is 0 Å². The van der Waals surface area contributed by atoms with Crippen molar-refractivity contribution >= 4 is 26.7 Å². The second-order valence-corrected chi connectivity index (χ2v) is 4.71. The Morgan fingerprint density at radius 1 is 1.14 bits per heavy atom. The van der Waals surface area contributed by atoms with E-state index in [-0.39, 0.29) is 4.83 Å². The molecule has 1 N–H and O–H groups in total. The molecule has 2 aromatic carbocycles. The zero-order chi connectivity index (χ0) is 10.1. The van der Waals surface area contributed by atoms with Gasteiger partial charge in [0, 0.05) is 15.8 Å². The molecule has 72 valence electrons. The lowest BCUT2D eigenvalue weighted by Gasteiger charge is -2.09. The molecule has 1 nitrogen and oxygen atoms in total. The van der Waals surface area contributed by atoms with Gasteiger partial charge in [0.05, 0.1) is 0 Å². The standard InChI is InChI=1S/C12H11BrO/c1-8(13)10-7-6-9-4-2-3-5-11(9)12(10)14/h2-8,14H,1H3. The van der Waals surface area contributed by atoms with Gasteiger partial charge in [-0.05, 0) is 12.3 Å². The second kappa shape index (κ2) is 3.62. The first-order chi connectivity index (χ1) is 6.70. The zero-order valence-corrected chi connectivity index (χ0v) is 9.45. The highest BCUT2D eigenvalue weighted by Gasteiger charge is 2.09. The predicted octanol–water partition coefficient (Wildman–Crippen LogP) is 4.00. The van der Waals surface area contributed by atoms with Gasteiger partial charge in [0.1, 0.15) is 5.75 Å². The largest absolute Gasteiger partial charge is 0.507 e. The Kier molecular flexibility index (Phi) is 2.46. The van der Waals surface area contributed by atoms with Crippen molar-refractivity contribution in [2.24, 2.45) is 0 Å². The Morgan fingerprint density at radius 2 is 1.86 bits per heavy atom. The minimum atomic E-state index is 0.173. The zero-order valence-electron chi connectivity index (χ0n) is 7.87. The van der Waals surface area contributed by atoms with Crippen LogP contribution in [0.1, 0.15) is 17.3 Å². The van der Waals surface area contributed by atoms with Crippen molar-refractivity contribution < 1.29 is 5.11 Å². The number of alkyl halides is 1. The normalized spacial score (nSPS) is 13.0. The Hall–Kier alpha value is -1.02. The summed E-state index contributed by atoms with van der Waals surface area (Å²) in [5.74, 6) is 0.382. The van der Waals surface area contributed by atoms with Gasteiger partial charge in [0.25, 0.3) is 0 Å². The van der Waals surface area contributed by atoms with Crippen LogP contribution in [-0.2, 0) is 0 Å². The second-order valence-electron chi connectivity index (χ2n) is 3.34. The quantitative estimate of drug-likeness (QED) is 0.759. The van der Waals surface area contributed by atoms with Gasteiger partial charge in [-0.25, -0.2) is 0 Å². The SMILES string of the molecule is CC(Br)c1ccc2ccccc2c1O. The molecule has 1 unspecified atom stereocenters. The first-order valence-corrected chi connectivity index (χ1v) is 5.46. The smallest absolute Gasteiger partial charge is 0.127 e. The molecule has 14 heavy (non-hydrogen) atoms. The van der Waals surface area contributed by atoms with Gasteiger partial charge < -0.3 is 5.11 Å². The van der Waals surface area contributed by atoms with E-state index >= 15 is 0 Å². The predicted molar refractivity (Wildman–Crippen MR) is 63.0 cm³/mol. The summed E-state index contributed by atoms with van der Waals surface area (Å²) < 4.78 is 0. The molecule has 1 atom stereocenters. The maximum atomic E-state index is 9.99. The van der Waals surface area contributed by atoms with Gasteiger partial charge in [-0.2, -0.15) is 0 Å². The molecule has 0 saturated carbocycles. The third-order valence-electron chi connectivity index (χ3n) is 2.36. The molecule has 0 heterocycles. The Labute approximate surface area is 91.5 Å². The lowest BCUT2D eigenvalue weighted by Crippen LogP contribution is -1.85. The summed E-state index contributed by atoms with van der Waals surface area (Å²) in [7, 11) is 0. The number of halogens is 1. The van der Waals surface area contributed by atoms with Gasteiger partial charge in [-0.15, -0.1) is 0 Å². The first-order valence-electron chi connectivity index (χ1n) is 4.55. The molecular weight excluding hydrogens is 240 g/mol. The van der Waals surface area contributed by atoms with Crippen LogP contribution >= 0.6 is 15.9 Å². The Balaban J connectivity index is 2.75. The maximum absolute atomic E-state index is 9.99. The summed E-state index contributed by atoms with van der Waals surface area (Å²) >= 11 is 3.46. The van der Waals surface area contributed by atoms with Gasteiger partial charge in [-0.3, -0.25) is 0 Å². The van der Waals surface area contributed by atoms with Gasteiger partial charge in [0.2, 0.25) is 0 Å². The number of fused-ring (bicyclic) bond motifs is 1. The van der Waals surface area contributed by atoms with E-state index in [1.54, 1.807) is 0 Å². The molecular formula is C12H11BrO. The molecule has 2 aromatic rings. The van der Waals surface area contributed by atoms with E-state index in [0.717, 1.165) is 16.3 Å². The molecule has 0 radical (unpaired) electrons. The monoisotopic (exact) mass is 250 g/mol. The van der Waals surface area contributed by atoms with Crippen molar-refractivity contribution in [3.05, 3.63) is 42.0 Å². The molecule has 0 aliphatic rings. The van der Waals surface area contributed by atoms with Gasteiger partial charge >= 0.3 is 0 Å². The number of benzene rings is 2. The van der Waals surface area contributed by atoms with Crippen molar-refractivity contribution in [3.63, 3.8) is 0 Å². The summed E-state index contributed by atoms with van der Waals surface area (Å²) in [6.07, 6.45) is 0. The highest BCUT2D eigenvalue weighted by atomic mass is 79.9. The van der Waals surface area contributed by atoms with E-state index in [2.05, 4.69) is 15.9 Å². The topological polar surface area (TPSA) is 20.2 Å². The number of hydrogen-bond donors (Lipinski definition) is 1. The summed E-state index contributed by atoms with van der Waals surface area (Å²) in [5, 5.41) is 12.0. The van der Waals surface area contributed by atoms with E-state index in [9.17, 15) is 5.11 Å². The minimum Gasteiger partial charge on any atom is -0.507 e. The number of aromatic hydroxyl groups is 1. The lowest BCUT2D eigenvalue weighted by atomic mass is 10.0. The van der Waals surface area contributed by atoms with E-state index in [1.165, 1.54) is 0 Å². The number of hydrogen-bond acceptors (Lipinski definition) is 1. The van der Waals surface area contributed by atoms with Crippen LogP contribution in [0.25, 0.3) is 10.8 Å². The molecule has 0 aliphatic heterocycles. The number of rotatable bonds is 1. The van der Waals surface area contributed by atoms with Crippen molar-refractivity contribution in [1.29, 1.82) is 0 Å².